The number of amides is 2. The minimum Gasteiger partial charge on any atom is -0.318 e. The number of unbranched alkanes of at least 4 members (excludes halogenated alkanes) is 10. The second-order valence-electron chi connectivity index (χ2n) is 6.89. The Balaban J connectivity index is 1.95. The predicted octanol–water partition coefficient (Wildman–Crippen LogP) is 4.85. The van der Waals surface area contributed by atoms with Gasteiger partial charge in [-0.25, -0.2) is 4.79 Å². The van der Waals surface area contributed by atoms with Crippen molar-refractivity contribution in [3.05, 3.63) is 12.2 Å². The number of hydroxylamine groups is 2. The highest BCUT2D eigenvalue weighted by atomic mass is 16.7. The second kappa shape index (κ2) is 15.0. The maximum Gasteiger partial charge on any atom is 0.409 e. The summed E-state index contributed by atoms with van der Waals surface area (Å²) in [5.74, 6) is 3.24. The summed E-state index contributed by atoms with van der Waals surface area (Å²) in [5.41, 5.74) is 0. The highest BCUT2D eigenvalue weighted by Crippen LogP contribution is 2.12. The largest absolute Gasteiger partial charge is 0.409 e. The Kier molecular flexibility index (Phi) is 12.8. The summed E-state index contributed by atoms with van der Waals surface area (Å²) in [5, 5.41) is 0.522. The van der Waals surface area contributed by atoms with Gasteiger partial charge in [0.15, 0.2) is 0 Å². The van der Waals surface area contributed by atoms with Crippen LogP contribution in [0.2, 0.25) is 0 Å². The number of hydrogen-bond donors (Lipinski definition) is 0. The third-order valence-corrected chi connectivity index (χ3v) is 4.43. The molecule has 5 heteroatoms. The molecule has 0 N–H and O–H groups in total. The fraction of sp³-hybridized carbons (Fsp3) is 0.682. The normalized spacial score (nSPS) is 13.9. The van der Waals surface area contributed by atoms with E-state index in [9.17, 15) is 14.4 Å². The summed E-state index contributed by atoms with van der Waals surface area (Å²) >= 11 is 0. The van der Waals surface area contributed by atoms with Crippen LogP contribution in [0.25, 0.3) is 0 Å². The Morgan fingerprint density at radius 3 is 2.11 bits per heavy atom. The van der Waals surface area contributed by atoms with Crippen molar-refractivity contribution < 1.29 is 19.2 Å². The van der Waals surface area contributed by atoms with Gasteiger partial charge in [-0.1, -0.05) is 63.5 Å². The van der Waals surface area contributed by atoms with E-state index in [4.69, 9.17) is 0 Å². The molecule has 1 saturated heterocycles. The maximum atomic E-state index is 11.5. The molecule has 0 aromatic heterocycles. The quantitative estimate of drug-likeness (QED) is 0.200. The van der Waals surface area contributed by atoms with Crippen molar-refractivity contribution >= 4 is 17.8 Å². The number of carbonyl (C=O) groups is 3. The number of carbonyl (C=O) groups excluding carboxylic acids is 3. The van der Waals surface area contributed by atoms with Gasteiger partial charge in [-0.3, -0.25) is 9.59 Å². The molecule has 150 valence electrons. The van der Waals surface area contributed by atoms with Gasteiger partial charge < -0.3 is 4.84 Å². The minimum absolute atomic E-state index is 0.0902. The molecule has 0 atom stereocenters. The van der Waals surface area contributed by atoms with E-state index in [1.807, 2.05) is 0 Å². The molecule has 27 heavy (non-hydrogen) atoms. The molecule has 5 nitrogen and oxygen atoms in total. The molecule has 1 aliphatic rings. The van der Waals surface area contributed by atoms with Crippen LogP contribution in [0.3, 0.4) is 0 Å². The first-order valence-corrected chi connectivity index (χ1v) is 10.4. The Morgan fingerprint density at radius 2 is 1.48 bits per heavy atom. The minimum atomic E-state index is -0.851. The molecule has 2 amide bonds. The molecule has 0 aliphatic carbocycles. The molecular formula is C22H33NO4. The summed E-state index contributed by atoms with van der Waals surface area (Å²) < 4.78 is 0. The molecule has 1 rings (SSSR count). The summed E-state index contributed by atoms with van der Waals surface area (Å²) in [7, 11) is 0. The summed E-state index contributed by atoms with van der Waals surface area (Å²) in [6.07, 6.45) is 18.7. The summed E-state index contributed by atoms with van der Waals surface area (Å²) in [4.78, 5) is 38.8. The van der Waals surface area contributed by atoms with Gasteiger partial charge in [0.2, 0.25) is 0 Å². The van der Waals surface area contributed by atoms with Crippen molar-refractivity contribution in [2.75, 3.05) is 0 Å². The number of hydrogen-bond acceptors (Lipinski definition) is 4. The number of nitrogens with zero attached hydrogens (tertiary/aromatic N) is 1. The van der Waals surface area contributed by atoms with Crippen molar-refractivity contribution in [2.45, 2.75) is 96.8 Å². The van der Waals surface area contributed by atoms with Crippen LogP contribution in [0.15, 0.2) is 12.2 Å². The Morgan fingerprint density at radius 1 is 0.926 bits per heavy atom. The topological polar surface area (TPSA) is 63.7 Å². The number of rotatable bonds is 13. The van der Waals surface area contributed by atoms with Crippen molar-refractivity contribution in [1.82, 2.24) is 5.06 Å². The van der Waals surface area contributed by atoms with E-state index in [0.29, 0.717) is 11.5 Å². The zero-order chi connectivity index (χ0) is 19.7. The lowest BCUT2D eigenvalue weighted by atomic mass is 10.1. The van der Waals surface area contributed by atoms with E-state index < -0.39 is 17.8 Å². The van der Waals surface area contributed by atoms with E-state index >= 15 is 0 Å². The summed E-state index contributed by atoms with van der Waals surface area (Å²) in [6.45, 7) is 2.24. The number of allylic oxidation sites excluding steroid dienone is 2. The Hall–Kier alpha value is -2.09. The van der Waals surface area contributed by atoms with Gasteiger partial charge in [0, 0.05) is 25.2 Å². The van der Waals surface area contributed by atoms with Crippen LogP contribution in [0.4, 0.5) is 0 Å². The van der Waals surface area contributed by atoms with Crippen LogP contribution in [-0.2, 0) is 19.2 Å². The van der Waals surface area contributed by atoms with Crippen molar-refractivity contribution in [3.8, 4) is 11.8 Å². The second-order valence-corrected chi connectivity index (χ2v) is 6.89. The van der Waals surface area contributed by atoms with Crippen LogP contribution < -0.4 is 0 Å². The van der Waals surface area contributed by atoms with E-state index in [1.165, 1.54) is 44.9 Å². The molecule has 0 aromatic carbocycles. The first-order valence-electron chi connectivity index (χ1n) is 10.4. The SMILES string of the molecule is CCCCCCCC/C=C/CCCCCC#CC(=O)ON1C(=O)CCC1=O. The highest BCUT2D eigenvalue weighted by Gasteiger charge is 2.32. The van der Waals surface area contributed by atoms with Gasteiger partial charge in [-0.2, -0.15) is 0 Å². The van der Waals surface area contributed by atoms with E-state index in [1.54, 1.807) is 0 Å². The van der Waals surface area contributed by atoms with Gasteiger partial charge in [0.25, 0.3) is 11.8 Å². The van der Waals surface area contributed by atoms with Gasteiger partial charge in [-0.15, -0.1) is 5.06 Å². The summed E-state index contributed by atoms with van der Waals surface area (Å²) in [6, 6.07) is 0. The molecule has 0 unspecified atom stereocenters. The lowest BCUT2D eigenvalue weighted by Gasteiger charge is -2.09. The van der Waals surface area contributed by atoms with E-state index in [2.05, 4.69) is 35.8 Å². The lowest BCUT2D eigenvalue weighted by Crippen LogP contribution is -2.31. The maximum absolute atomic E-state index is 11.5. The van der Waals surface area contributed by atoms with Crippen LogP contribution in [-0.4, -0.2) is 22.8 Å². The predicted molar refractivity (Wildman–Crippen MR) is 105 cm³/mol. The smallest absolute Gasteiger partial charge is 0.318 e. The molecule has 0 aromatic rings. The zero-order valence-electron chi connectivity index (χ0n) is 16.6. The van der Waals surface area contributed by atoms with E-state index in [0.717, 1.165) is 25.7 Å². The van der Waals surface area contributed by atoms with Gasteiger partial charge in [0.1, 0.15) is 0 Å². The van der Waals surface area contributed by atoms with Crippen molar-refractivity contribution in [3.63, 3.8) is 0 Å². The first-order chi connectivity index (χ1) is 13.1. The van der Waals surface area contributed by atoms with Crippen LogP contribution in [0, 0.1) is 11.8 Å². The molecule has 0 spiro atoms. The highest BCUT2D eigenvalue weighted by molar-refractivity contribution is 6.02. The van der Waals surface area contributed by atoms with Gasteiger partial charge in [-0.05, 0) is 32.1 Å². The number of imide groups is 1. The third-order valence-electron chi connectivity index (χ3n) is 4.43. The molecule has 1 heterocycles. The average molecular weight is 376 g/mol. The van der Waals surface area contributed by atoms with Gasteiger partial charge in [0.05, 0.1) is 0 Å². The fourth-order valence-electron chi connectivity index (χ4n) is 2.83. The lowest BCUT2D eigenvalue weighted by molar-refractivity contribution is -0.193. The Bertz CT molecular complexity index is 540. The molecule has 1 aliphatic heterocycles. The Labute approximate surface area is 163 Å². The van der Waals surface area contributed by atoms with Crippen molar-refractivity contribution in [1.29, 1.82) is 0 Å². The van der Waals surface area contributed by atoms with Crippen LogP contribution >= 0.6 is 0 Å². The zero-order valence-corrected chi connectivity index (χ0v) is 16.6. The fourth-order valence-corrected chi connectivity index (χ4v) is 2.83. The average Bonchev–Trinajstić information content (AvgIpc) is 2.97. The standard InChI is InChI=1S/C22H33NO4/c1-2-3-4-5-6-7-8-9-10-11-12-13-14-15-16-17-22(26)27-23-20(24)18-19-21(23)25/h9-10H,2-8,11-15,18-19H2,1H3/b10-9+. The molecule has 1 fully saturated rings. The monoisotopic (exact) mass is 375 g/mol. The van der Waals surface area contributed by atoms with Gasteiger partial charge >= 0.3 is 5.97 Å². The first kappa shape index (κ1) is 23.0. The van der Waals surface area contributed by atoms with Crippen LogP contribution in [0.1, 0.15) is 96.8 Å². The molecule has 0 radical (unpaired) electrons. The van der Waals surface area contributed by atoms with E-state index in [-0.39, 0.29) is 12.8 Å². The third kappa shape index (κ3) is 11.3. The van der Waals surface area contributed by atoms with Crippen LogP contribution in [0.5, 0.6) is 0 Å². The van der Waals surface area contributed by atoms with Crippen molar-refractivity contribution in [2.24, 2.45) is 0 Å². The molecule has 0 bridgehead atoms. The molecule has 0 saturated carbocycles. The molecular weight excluding hydrogens is 342 g/mol.